The molecule has 0 aliphatic heterocycles. The first-order chi connectivity index (χ1) is 6.29. The molecule has 14 heavy (non-hydrogen) atoms. The van der Waals surface area contributed by atoms with E-state index in [2.05, 4.69) is 5.73 Å². The number of primary amides is 1. The number of hydrogen-bond donors (Lipinski definition) is 6. The van der Waals surface area contributed by atoms with Crippen molar-refractivity contribution < 1.29 is 30.3 Å². The Labute approximate surface area is 80.4 Å². The lowest BCUT2D eigenvalue weighted by molar-refractivity contribution is -0.150. The number of nitrogens with two attached hydrogens (primary N) is 1. The summed E-state index contributed by atoms with van der Waals surface area (Å²) in [5, 5.41) is 45.1. The molecule has 0 fully saturated rings. The van der Waals surface area contributed by atoms with E-state index in [4.69, 9.17) is 25.5 Å². The van der Waals surface area contributed by atoms with E-state index in [0.29, 0.717) is 0 Å². The molecular formula is C7H15NO6. The Morgan fingerprint density at radius 2 is 1.43 bits per heavy atom. The molecule has 0 radical (unpaired) electrons. The van der Waals surface area contributed by atoms with Crippen LogP contribution in [0.5, 0.6) is 0 Å². The molecule has 0 rings (SSSR count). The smallest absolute Gasteiger partial charge is 0.249 e. The average Bonchev–Trinajstić information content (AvgIpc) is 2.12. The van der Waals surface area contributed by atoms with Crippen LogP contribution in [0.4, 0.5) is 0 Å². The van der Waals surface area contributed by atoms with Gasteiger partial charge in [0.1, 0.15) is 18.3 Å². The van der Waals surface area contributed by atoms with Crippen LogP contribution in [0.25, 0.3) is 0 Å². The molecule has 7 heteroatoms. The van der Waals surface area contributed by atoms with Gasteiger partial charge in [-0.25, -0.2) is 0 Å². The van der Waals surface area contributed by atoms with E-state index in [9.17, 15) is 4.79 Å². The van der Waals surface area contributed by atoms with Crippen LogP contribution in [0.1, 0.15) is 6.92 Å². The summed E-state index contributed by atoms with van der Waals surface area (Å²) in [6.45, 7) is 1.18. The highest BCUT2D eigenvalue weighted by Gasteiger charge is 2.34. The molecule has 1 amide bonds. The zero-order valence-corrected chi connectivity index (χ0v) is 7.61. The molecular weight excluding hydrogens is 194 g/mol. The molecule has 5 atom stereocenters. The Morgan fingerprint density at radius 3 is 1.71 bits per heavy atom. The maximum absolute atomic E-state index is 10.4. The predicted molar refractivity (Wildman–Crippen MR) is 44.9 cm³/mol. The highest BCUT2D eigenvalue weighted by atomic mass is 16.4. The van der Waals surface area contributed by atoms with Gasteiger partial charge in [0.25, 0.3) is 0 Å². The topological polar surface area (TPSA) is 144 Å². The molecule has 0 aromatic rings. The standard InChI is InChI=1S/C7H15NO6/c1-2(9)3(10)4(11)5(12)6(13)7(8)14/h2-6,9-13H,1H3,(H2,8,14)/t2-,3-,4+,5+,6+/m1/s1. The minimum Gasteiger partial charge on any atom is -0.391 e. The summed E-state index contributed by atoms with van der Waals surface area (Å²) in [6.07, 6.45) is -8.74. The molecule has 84 valence electrons. The third kappa shape index (κ3) is 3.20. The van der Waals surface area contributed by atoms with Gasteiger partial charge in [-0.1, -0.05) is 0 Å². The average molecular weight is 209 g/mol. The Hall–Kier alpha value is -0.730. The monoisotopic (exact) mass is 209 g/mol. The van der Waals surface area contributed by atoms with Crippen molar-refractivity contribution in [2.45, 2.75) is 37.4 Å². The summed E-state index contributed by atoms with van der Waals surface area (Å²) in [5.41, 5.74) is 4.65. The summed E-state index contributed by atoms with van der Waals surface area (Å²) in [7, 11) is 0. The van der Waals surface area contributed by atoms with Crippen molar-refractivity contribution in [3.05, 3.63) is 0 Å². The minimum absolute atomic E-state index is 1.18. The molecule has 0 heterocycles. The highest BCUT2D eigenvalue weighted by Crippen LogP contribution is 2.07. The molecule has 0 aromatic heterocycles. The minimum atomic E-state index is -1.99. The molecule has 0 aliphatic carbocycles. The second-order valence-corrected chi connectivity index (χ2v) is 3.06. The zero-order chi connectivity index (χ0) is 11.5. The summed E-state index contributed by atoms with van der Waals surface area (Å²) in [6, 6.07) is 0. The van der Waals surface area contributed by atoms with Crippen LogP contribution in [-0.2, 0) is 4.79 Å². The Morgan fingerprint density at radius 1 is 1.00 bits per heavy atom. The van der Waals surface area contributed by atoms with Gasteiger partial charge < -0.3 is 31.3 Å². The number of aliphatic hydroxyl groups is 5. The summed E-state index contributed by atoms with van der Waals surface area (Å²) in [5.74, 6) is -1.23. The maximum Gasteiger partial charge on any atom is 0.249 e. The van der Waals surface area contributed by atoms with Crippen LogP contribution in [0.2, 0.25) is 0 Å². The molecule has 0 bridgehead atoms. The molecule has 0 saturated heterocycles. The van der Waals surface area contributed by atoms with Crippen LogP contribution < -0.4 is 5.73 Å². The second kappa shape index (κ2) is 5.23. The molecule has 0 spiro atoms. The van der Waals surface area contributed by atoms with Gasteiger partial charge in [-0.05, 0) is 6.92 Å². The van der Waals surface area contributed by atoms with E-state index in [1.54, 1.807) is 0 Å². The van der Waals surface area contributed by atoms with Crippen LogP contribution in [0.15, 0.2) is 0 Å². The van der Waals surface area contributed by atoms with Crippen LogP contribution in [-0.4, -0.2) is 62.0 Å². The fourth-order valence-corrected chi connectivity index (χ4v) is 0.842. The van der Waals surface area contributed by atoms with E-state index >= 15 is 0 Å². The number of carbonyl (C=O) groups excluding carboxylic acids is 1. The van der Waals surface area contributed by atoms with Crippen molar-refractivity contribution in [1.82, 2.24) is 0 Å². The Bertz CT molecular complexity index is 197. The second-order valence-electron chi connectivity index (χ2n) is 3.06. The zero-order valence-electron chi connectivity index (χ0n) is 7.61. The number of hydrogen-bond acceptors (Lipinski definition) is 6. The van der Waals surface area contributed by atoms with Gasteiger partial charge in [-0.3, -0.25) is 4.79 Å². The molecule has 0 aliphatic rings. The molecule has 0 saturated carbocycles. The predicted octanol–water partition coefficient (Wildman–Crippen LogP) is -3.70. The van der Waals surface area contributed by atoms with Crippen molar-refractivity contribution in [1.29, 1.82) is 0 Å². The molecule has 0 aromatic carbocycles. The highest BCUT2D eigenvalue weighted by molar-refractivity contribution is 5.79. The van der Waals surface area contributed by atoms with Crippen molar-refractivity contribution in [3.63, 3.8) is 0 Å². The number of amides is 1. The lowest BCUT2D eigenvalue weighted by atomic mass is 10.00. The first-order valence-electron chi connectivity index (χ1n) is 3.98. The normalized spacial score (nSPS) is 22.1. The summed E-state index contributed by atoms with van der Waals surface area (Å²) in [4.78, 5) is 10.4. The third-order valence-corrected chi connectivity index (χ3v) is 1.81. The van der Waals surface area contributed by atoms with Gasteiger partial charge in [-0.2, -0.15) is 0 Å². The first-order valence-corrected chi connectivity index (χ1v) is 3.98. The van der Waals surface area contributed by atoms with Crippen molar-refractivity contribution in [3.8, 4) is 0 Å². The van der Waals surface area contributed by atoms with E-state index in [1.165, 1.54) is 6.92 Å². The van der Waals surface area contributed by atoms with E-state index < -0.39 is 36.4 Å². The van der Waals surface area contributed by atoms with E-state index in [1.807, 2.05) is 0 Å². The Kier molecular flexibility index (Phi) is 4.95. The van der Waals surface area contributed by atoms with Gasteiger partial charge in [0.05, 0.1) is 6.10 Å². The van der Waals surface area contributed by atoms with Crippen molar-refractivity contribution in [2.24, 2.45) is 5.73 Å². The quantitative estimate of drug-likeness (QED) is 0.275. The SMILES string of the molecule is C[C@@H](O)[C@@H](O)[C@H](O)[C@H](O)[C@H](O)C(N)=O. The molecule has 7 nitrogen and oxygen atoms in total. The van der Waals surface area contributed by atoms with Crippen molar-refractivity contribution in [2.75, 3.05) is 0 Å². The lowest BCUT2D eigenvalue weighted by Crippen LogP contribution is -2.52. The maximum atomic E-state index is 10.4. The van der Waals surface area contributed by atoms with Gasteiger partial charge in [0.2, 0.25) is 5.91 Å². The number of carbonyl (C=O) groups is 1. The van der Waals surface area contributed by atoms with Crippen LogP contribution in [0.3, 0.4) is 0 Å². The van der Waals surface area contributed by atoms with Crippen LogP contribution in [0, 0.1) is 0 Å². The van der Waals surface area contributed by atoms with E-state index in [0.717, 1.165) is 0 Å². The fourth-order valence-electron chi connectivity index (χ4n) is 0.842. The number of aliphatic hydroxyl groups excluding tert-OH is 5. The van der Waals surface area contributed by atoms with E-state index in [-0.39, 0.29) is 0 Å². The fraction of sp³-hybridized carbons (Fsp3) is 0.857. The van der Waals surface area contributed by atoms with Gasteiger partial charge in [-0.15, -0.1) is 0 Å². The van der Waals surface area contributed by atoms with Crippen LogP contribution >= 0.6 is 0 Å². The largest absolute Gasteiger partial charge is 0.391 e. The third-order valence-electron chi connectivity index (χ3n) is 1.81. The number of rotatable bonds is 5. The lowest BCUT2D eigenvalue weighted by Gasteiger charge is -2.26. The first kappa shape index (κ1) is 13.3. The van der Waals surface area contributed by atoms with Gasteiger partial charge in [0, 0.05) is 0 Å². The van der Waals surface area contributed by atoms with Gasteiger partial charge in [0.15, 0.2) is 6.10 Å². The summed E-state index contributed by atoms with van der Waals surface area (Å²) >= 11 is 0. The van der Waals surface area contributed by atoms with Gasteiger partial charge >= 0.3 is 0 Å². The summed E-state index contributed by atoms with van der Waals surface area (Å²) < 4.78 is 0. The Balaban J connectivity index is 4.37. The molecule has 7 N–H and O–H groups in total. The van der Waals surface area contributed by atoms with Crippen molar-refractivity contribution >= 4 is 5.91 Å². The molecule has 0 unspecified atom stereocenters.